The fraction of sp³-hybridized carbons (Fsp3) is 0.636. The predicted molar refractivity (Wildman–Crippen MR) is 60.7 cm³/mol. The fourth-order valence-corrected chi connectivity index (χ4v) is 1.42. The van der Waals surface area contributed by atoms with E-state index in [0.717, 1.165) is 25.3 Å². The highest BCUT2D eigenvalue weighted by Gasteiger charge is 2.05. The lowest BCUT2D eigenvalue weighted by Crippen LogP contribution is -2.25. The summed E-state index contributed by atoms with van der Waals surface area (Å²) in [6.45, 7) is 6.12. The molecule has 0 saturated heterocycles. The molecule has 4 heteroatoms. The van der Waals surface area contributed by atoms with Crippen LogP contribution in [0.2, 0.25) is 0 Å². The lowest BCUT2D eigenvalue weighted by atomic mass is 10.3. The molecule has 0 bridgehead atoms. The van der Waals surface area contributed by atoms with Crippen LogP contribution >= 0.6 is 0 Å². The molecule has 0 fully saturated rings. The minimum atomic E-state index is -0.0980. The maximum atomic E-state index is 8.95. The Morgan fingerprint density at radius 3 is 2.80 bits per heavy atom. The predicted octanol–water partition coefficient (Wildman–Crippen LogP) is 1.60. The van der Waals surface area contributed by atoms with E-state index < -0.39 is 0 Å². The number of aliphatic hydroxyl groups is 1. The molecular formula is C11H19N3O. The second kappa shape index (κ2) is 6.35. The van der Waals surface area contributed by atoms with Crippen LogP contribution in [0.15, 0.2) is 12.3 Å². The van der Waals surface area contributed by atoms with Crippen molar-refractivity contribution >= 4 is 5.82 Å². The van der Waals surface area contributed by atoms with E-state index in [0.29, 0.717) is 5.82 Å². The summed E-state index contributed by atoms with van der Waals surface area (Å²) < 4.78 is 0. The van der Waals surface area contributed by atoms with Crippen LogP contribution in [0.25, 0.3) is 0 Å². The third-order valence-electron chi connectivity index (χ3n) is 2.32. The maximum Gasteiger partial charge on any atom is 0.156 e. The molecule has 0 aliphatic heterocycles. The monoisotopic (exact) mass is 209 g/mol. The first-order valence-corrected chi connectivity index (χ1v) is 5.49. The van der Waals surface area contributed by atoms with E-state index in [9.17, 15) is 0 Å². The molecule has 0 aliphatic rings. The normalized spacial score (nSPS) is 10.3. The summed E-state index contributed by atoms with van der Waals surface area (Å²) in [7, 11) is 0. The number of rotatable bonds is 6. The van der Waals surface area contributed by atoms with E-state index in [2.05, 4.69) is 28.7 Å². The average Bonchev–Trinajstić information content (AvgIpc) is 2.30. The molecule has 1 aromatic heterocycles. The Kier molecular flexibility index (Phi) is 5.04. The minimum absolute atomic E-state index is 0.0980. The summed E-state index contributed by atoms with van der Waals surface area (Å²) in [5.74, 6) is 1.40. The van der Waals surface area contributed by atoms with Gasteiger partial charge in [0.15, 0.2) is 5.82 Å². The van der Waals surface area contributed by atoms with Gasteiger partial charge in [0.1, 0.15) is 12.4 Å². The van der Waals surface area contributed by atoms with Crippen LogP contribution in [0.5, 0.6) is 0 Å². The van der Waals surface area contributed by atoms with E-state index in [-0.39, 0.29) is 6.61 Å². The van der Waals surface area contributed by atoms with Crippen molar-refractivity contribution in [2.45, 2.75) is 33.3 Å². The molecule has 4 nitrogen and oxygen atoms in total. The van der Waals surface area contributed by atoms with E-state index in [1.165, 1.54) is 6.42 Å². The van der Waals surface area contributed by atoms with E-state index in [1.54, 1.807) is 6.20 Å². The van der Waals surface area contributed by atoms with Crippen LogP contribution in [0.3, 0.4) is 0 Å². The van der Waals surface area contributed by atoms with Crippen LogP contribution in [0.4, 0.5) is 5.82 Å². The van der Waals surface area contributed by atoms with Gasteiger partial charge in [-0.1, -0.05) is 13.3 Å². The van der Waals surface area contributed by atoms with Crippen molar-refractivity contribution < 1.29 is 5.11 Å². The third-order valence-corrected chi connectivity index (χ3v) is 2.32. The smallest absolute Gasteiger partial charge is 0.156 e. The zero-order valence-electron chi connectivity index (χ0n) is 9.48. The Morgan fingerprint density at radius 1 is 1.40 bits per heavy atom. The highest BCUT2D eigenvalue weighted by molar-refractivity contribution is 5.36. The van der Waals surface area contributed by atoms with Gasteiger partial charge in [0.25, 0.3) is 0 Å². The summed E-state index contributed by atoms with van der Waals surface area (Å²) in [4.78, 5) is 10.4. The zero-order valence-corrected chi connectivity index (χ0v) is 9.48. The van der Waals surface area contributed by atoms with Crippen LogP contribution in [0.1, 0.15) is 32.5 Å². The highest BCUT2D eigenvalue weighted by Crippen LogP contribution is 2.10. The quantitative estimate of drug-likeness (QED) is 0.773. The van der Waals surface area contributed by atoms with Crippen molar-refractivity contribution in [3.8, 4) is 0 Å². The molecule has 15 heavy (non-hydrogen) atoms. The van der Waals surface area contributed by atoms with Gasteiger partial charge in [0.2, 0.25) is 0 Å². The van der Waals surface area contributed by atoms with Gasteiger partial charge in [0.05, 0.1) is 0 Å². The topological polar surface area (TPSA) is 49.2 Å². The maximum absolute atomic E-state index is 8.95. The van der Waals surface area contributed by atoms with Gasteiger partial charge in [-0.05, 0) is 19.4 Å². The van der Waals surface area contributed by atoms with Crippen molar-refractivity contribution in [1.29, 1.82) is 0 Å². The number of hydrogen-bond donors (Lipinski definition) is 1. The molecule has 1 aromatic rings. The molecule has 84 valence electrons. The van der Waals surface area contributed by atoms with Gasteiger partial charge in [-0.3, -0.25) is 0 Å². The molecule has 1 rings (SSSR count). The number of nitrogens with zero attached hydrogens (tertiary/aromatic N) is 3. The second-order valence-corrected chi connectivity index (χ2v) is 3.42. The number of anilines is 1. The molecule has 0 atom stereocenters. The lowest BCUT2D eigenvalue weighted by Gasteiger charge is -2.21. The number of aromatic nitrogens is 2. The Hall–Kier alpha value is -1.16. The lowest BCUT2D eigenvalue weighted by molar-refractivity contribution is 0.271. The Balaban J connectivity index is 2.72. The van der Waals surface area contributed by atoms with Gasteiger partial charge in [-0.15, -0.1) is 0 Å². The van der Waals surface area contributed by atoms with Crippen LogP contribution < -0.4 is 4.90 Å². The molecule has 0 spiro atoms. The molecule has 0 aliphatic carbocycles. The first-order chi connectivity index (χ1) is 7.31. The Labute approximate surface area is 91.0 Å². The van der Waals surface area contributed by atoms with Crippen LogP contribution in [0, 0.1) is 0 Å². The van der Waals surface area contributed by atoms with E-state index >= 15 is 0 Å². The van der Waals surface area contributed by atoms with E-state index in [4.69, 9.17) is 5.11 Å². The van der Waals surface area contributed by atoms with Crippen molar-refractivity contribution in [3.63, 3.8) is 0 Å². The third kappa shape index (κ3) is 3.47. The molecule has 0 radical (unpaired) electrons. The van der Waals surface area contributed by atoms with Gasteiger partial charge in [-0.25, -0.2) is 9.97 Å². The molecular weight excluding hydrogens is 190 g/mol. The Morgan fingerprint density at radius 2 is 2.20 bits per heavy atom. The fourth-order valence-electron chi connectivity index (χ4n) is 1.42. The highest BCUT2D eigenvalue weighted by atomic mass is 16.3. The van der Waals surface area contributed by atoms with E-state index in [1.807, 2.05) is 6.07 Å². The summed E-state index contributed by atoms with van der Waals surface area (Å²) in [5.41, 5.74) is 0. The molecule has 0 amide bonds. The first kappa shape index (κ1) is 11.9. The van der Waals surface area contributed by atoms with Crippen LogP contribution in [-0.4, -0.2) is 28.2 Å². The van der Waals surface area contributed by atoms with Crippen molar-refractivity contribution in [2.24, 2.45) is 0 Å². The Bertz CT molecular complexity index is 291. The number of hydrogen-bond acceptors (Lipinski definition) is 4. The van der Waals surface area contributed by atoms with Gasteiger partial charge >= 0.3 is 0 Å². The van der Waals surface area contributed by atoms with Crippen molar-refractivity contribution in [2.75, 3.05) is 18.0 Å². The van der Waals surface area contributed by atoms with Gasteiger partial charge in [0, 0.05) is 19.3 Å². The zero-order chi connectivity index (χ0) is 11.1. The molecule has 0 unspecified atom stereocenters. The first-order valence-electron chi connectivity index (χ1n) is 5.49. The van der Waals surface area contributed by atoms with Crippen LogP contribution in [-0.2, 0) is 6.61 Å². The second-order valence-electron chi connectivity index (χ2n) is 3.42. The molecule has 0 saturated carbocycles. The molecule has 0 aromatic carbocycles. The standard InChI is InChI=1S/C11H19N3O/c1-3-5-8-14(4-2)11-6-7-12-10(9-15)13-11/h6-7,15H,3-5,8-9H2,1-2H3. The number of aliphatic hydroxyl groups excluding tert-OH is 1. The summed E-state index contributed by atoms with van der Waals surface area (Å²) in [6.07, 6.45) is 4.03. The largest absolute Gasteiger partial charge is 0.388 e. The minimum Gasteiger partial charge on any atom is -0.388 e. The molecule has 1 N–H and O–H groups in total. The summed E-state index contributed by atoms with van der Waals surface area (Å²) >= 11 is 0. The number of unbranched alkanes of at least 4 members (excludes halogenated alkanes) is 1. The summed E-state index contributed by atoms with van der Waals surface area (Å²) in [5, 5.41) is 8.95. The van der Waals surface area contributed by atoms with Gasteiger partial charge < -0.3 is 10.0 Å². The SMILES string of the molecule is CCCCN(CC)c1ccnc(CO)n1. The molecule has 1 heterocycles. The average molecular weight is 209 g/mol. The van der Waals surface area contributed by atoms with Crippen molar-refractivity contribution in [1.82, 2.24) is 9.97 Å². The van der Waals surface area contributed by atoms with Crippen molar-refractivity contribution in [3.05, 3.63) is 18.1 Å². The van der Waals surface area contributed by atoms with Gasteiger partial charge in [-0.2, -0.15) is 0 Å². The summed E-state index contributed by atoms with van der Waals surface area (Å²) in [6, 6.07) is 1.89.